The minimum absolute atomic E-state index is 0.175. The number of rotatable bonds is 5. The molecule has 1 aliphatic heterocycles. The van der Waals surface area contributed by atoms with Gasteiger partial charge in [-0.1, -0.05) is 6.42 Å². The van der Waals surface area contributed by atoms with Crippen LogP contribution in [0.25, 0.3) is 0 Å². The highest BCUT2D eigenvalue weighted by Gasteiger charge is 2.12. The van der Waals surface area contributed by atoms with Crippen molar-refractivity contribution in [1.82, 2.24) is 10.2 Å². The van der Waals surface area contributed by atoms with Gasteiger partial charge in [-0.15, -0.1) is 0 Å². The van der Waals surface area contributed by atoms with Gasteiger partial charge in [0, 0.05) is 20.5 Å². The van der Waals surface area contributed by atoms with E-state index in [0.717, 1.165) is 18.9 Å². The number of unbranched alkanes of at least 4 members (excludes halogenated alkanes) is 1. The van der Waals surface area contributed by atoms with E-state index < -0.39 is 0 Å². The van der Waals surface area contributed by atoms with E-state index in [4.69, 9.17) is 0 Å². The van der Waals surface area contributed by atoms with E-state index >= 15 is 0 Å². The fraction of sp³-hybridized carbons (Fsp3) is 0.917. The average molecular weight is 212 g/mol. The Hall–Kier alpha value is -0.570. The Balaban J connectivity index is 1.98. The van der Waals surface area contributed by atoms with Gasteiger partial charge in [0.15, 0.2) is 0 Å². The highest BCUT2D eigenvalue weighted by Crippen LogP contribution is 2.16. The van der Waals surface area contributed by atoms with Crippen LogP contribution < -0.4 is 5.32 Å². The number of hydrogen-bond acceptors (Lipinski definition) is 2. The zero-order valence-electron chi connectivity index (χ0n) is 10.1. The first-order valence-corrected chi connectivity index (χ1v) is 6.12. The average Bonchev–Trinajstić information content (AvgIpc) is 2.25. The molecule has 0 aliphatic carbocycles. The van der Waals surface area contributed by atoms with Gasteiger partial charge >= 0.3 is 0 Å². The lowest BCUT2D eigenvalue weighted by Gasteiger charge is -2.23. The predicted molar refractivity (Wildman–Crippen MR) is 62.8 cm³/mol. The third-order valence-corrected chi connectivity index (χ3v) is 3.29. The molecule has 0 aromatic heterocycles. The Bertz CT molecular complexity index is 188. The van der Waals surface area contributed by atoms with Crippen molar-refractivity contribution in [3.05, 3.63) is 0 Å². The molecular formula is C12H24N2O. The topological polar surface area (TPSA) is 32.3 Å². The quantitative estimate of drug-likeness (QED) is 0.703. The molecule has 0 saturated carbocycles. The van der Waals surface area contributed by atoms with Crippen molar-refractivity contribution < 1.29 is 4.79 Å². The molecule has 3 nitrogen and oxygen atoms in total. The third kappa shape index (κ3) is 5.17. The highest BCUT2D eigenvalue weighted by atomic mass is 16.2. The van der Waals surface area contributed by atoms with E-state index in [-0.39, 0.29) is 5.91 Å². The maximum absolute atomic E-state index is 11.0. The SMILES string of the molecule is CC(=O)N(C)CCCCC1CCCNC1. The Morgan fingerprint density at radius 3 is 2.87 bits per heavy atom. The van der Waals surface area contributed by atoms with Crippen LogP contribution in [-0.2, 0) is 4.79 Å². The second kappa shape index (κ2) is 6.83. The number of hydrogen-bond donors (Lipinski definition) is 1. The van der Waals surface area contributed by atoms with E-state index in [0.29, 0.717) is 0 Å². The van der Waals surface area contributed by atoms with E-state index in [1.54, 1.807) is 11.8 Å². The molecule has 1 atom stereocenters. The van der Waals surface area contributed by atoms with Crippen LogP contribution in [-0.4, -0.2) is 37.5 Å². The van der Waals surface area contributed by atoms with Crippen molar-refractivity contribution in [3.63, 3.8) is 0 Å². The minimum atomic E-state index is 0.175. The van der Waals surface area contributed by atoms with Crippen molar-refractivity contribution in [2.24, 2.45) is 5.92 Å². The van der Waals surface area contributed by atoms with Crippen molar-refractivity contribution in [3.8, 4) is 0 Å². The predicted octanol–water partition coefficient (Wildman–Crippen LogP) is 1.63. The van der Waals surface area contributed by atoms with Gasteiger partial charge < -0.3 is 10.2 Å². The molecular weight excluding hydrogens is 188 g/mol. The number of carbonyl (C=O) groups excluding carboxylic acids is 1. The van der Waals surface area contributed by atoms with Crippen molar-refractivity contribution in [1.29, 1.82) is 0 Å². The van der Waals surface area contributed by atoms with Crippen LogP contribution >= 0.6 is 0 Å². The van der Waals surface area contributed by atoms with Gasteiger partial charge in [-0.2, -0.15) is 0 Å². The lowest BCUT2D eigenvalue weighted by molar-refractivity contribution is -0.127. The molecule has 1 heterocycles. The van der Waals surface area contributed by atoms with Crippen LogP contribution in [0.4, 0.5) is 0 Å². The van der Waals surface area contributed by atoms with Crippen LogP contribution in [0, 0.1) is 5.92 Å². The maximum Gasteiger partial charge on any atom is 0.219 e. The number of nitrogens with one attached hydrogen (secondary N) is 1. The summed E-state index contributed by atoms with van der Waals surface area (Å²) in [4.78, 5) is 12.8. The van der Waals surface area contributed by atoms with E-state index in [1.165, 1.54) is 38.8 Å². The van der Waals surface area contributed by atoms with Crippen molar-refractivity contribution in [2.45, 2.75) is 39.0 Å². The number of carbonyl (C=O) groups is 1. The normalized spacial score (nSPS) is 21.3. The Morgan fingerprint density at radius 2 is 2.27 bits per heavy atom. The zero-order chi connectivity index (χ0) is 11.1. The lowest BCUT2D eigenvalue weighted by atomic mass is 9.94. The molecule has 88 valence electrons. The fourth-order valence-corrected chi connectivity index (χ4v) is 2.11. The van der Waals surface area contributed by atoms with Gasteiger partial charge in [0.25, 0.3) is 0 Å². The molecule has 0 radical (unpaired) electrons. The molecule has 1 fully saturated rings. The van der Waals surface area contributed by atoms with Crippen LogP contribution in [0.5, 0.6) is 0 Å². The van der Waals surface area contributed by atoms with Gasteiger partial charge in [0.1, 0.15) is 0 Å². The molecule has 3 heteroatoms. The van der Waals surface area contributed by atoms with Crippen molar-refractivity contribution >= 4 is 5.91 Å². The first-order valence-electron chi connectivity index (χ1n) is 6.12. The fourth-order valence-electron chi connectivity index (χ4n) is 2.11. The van der Waals surface area contributed by atoms with Gasteiger partial charge in [-0.3, -0.25) is 4.79 Å². The first kappa shape index (κ1) is 12.5. The lowest BCUT2D eigenvalue weighted by Crippen LogP contribution is -2.30. The largest absolute Gasteiger partial charge is 0.346 e. The summed E-state index contributed by atoms with van der Waals surface area (Å²) in [5.41, 5.74) is 0. The summed E-state index contributed by atoms with van der Waals surface area (Å²) < 4.78 is 0. The summed E-state index contributed by atoms with van der Waals surface area (Å²) in [5, 5.41) is 3.44. The standard InChI is InChI=1S/C12H24N2O/c1-11(15)14(2)9-4-3-6-12-7-5-8-13-10-12/h12-13H,3-10H2,1-2H3. The molecule has 0 bridgehead atoms. The molecule has 1 saturated heterocycles. The van der Waals surface area contributed by atoms with Gasteiger partial charge in [0.2, 0.25) is 5.91 Å². The van der Waals surface area contributed by atoms with Crippen molar-refractivity contribution in [2.75, 3.05) is 26.7 Å². The van der Waals surface area contributed by atoms with E-state index in [2.05, 4.69) is 5.32 Å². The second-order valence-electron chi connectivity index (χ2n) is 4.65. The summed E-state index contributed by atoms with van der Waals surface area (Å²) in [6, 6.07) is 0. The number of nitrogens with zero attached hydrogens (tertiary/aromatic N) is 1. The molecule has 1 N–H and O–H groups in total. The van der Waals surface area contributed by atoms with Crippen LogP contribution in [0.3, 0.4) is 0 Å². The minimum Gasteiger partial charge on any atom is -0.346 e. The summed E-state index contributed by atoms with van der Waals surface area (Å²) in [5.74, 6) is 1.05. The molecule has 1 unspecified atom stereocenters. The maximum atomic E-state index is 11.0. The first-order chi connectivity index (χ1) is 7.20. The monoisotopic (exact) mass is 212 g/mol. The zero-order valence-corrected chi connectivity index (χ0v) is 10.1. The molecule has 15 heavy (non-hydrogen) atoms. The molecule has 1 rings (SSSR count). The summed E-state index contributed by atoms with van der Waals surface area (Å²) in [7, 11) is 1.88. The van der Waals surface area contributed by atoms with Crippen LogP contribution in [0.1, 0.15) is 39.0 Å². The Kier molecular flexibility index (Phi) is 5.69. The molecule has 1 amide bonds. The number of amides is 1. The Morgan fingerprint density at radius 1 is 1.47 bits per heavy atom. The Labute approximate surface area is 93.2 Å². The third-order valence-electron chi connectivity index (χ3n) is 3.29. The van der Waals surface area contributed by atoms with Gasteiger partial charge in [-0.25, -0.2) is 0 Å². The molecule has 0 aromatic rings. The summed E-state index contributed by atoms with van der Waals surface area (Å²) in [6.45, 7) is 4.94. The molecule has 0 spiro atoms. The molecule has 0 aromatic carbocycles. The van der Waals surface area contributed by atoms with Crippen LogP contribution in [0.2, 0.25) is 0 Å². The second-order valence-corrected chi connectivity index (χ2v) is 4.65. The summed E-state index contributed by atoms with van der Waals surface area (Å²) in [6.07, 6.45) is 6.43. The van der Waals surface area contributed by atoms with Crippen LogP contribution in [0.15, 0.2) is 0 Å². The number of piperidine rings is 1. The van der Waals surface area contributed by atoms with E-state index in [1.807, 2.05) is 7.05 Å². The molecule has 1 aliphatic rings. The smallest absolute Gasteiger partial charge is 0.219 e. The van der Waals surface area contributed by atoms with E-state index in [9.17, 15) is 4.79 Å². The summed E-state index contributed by atoms with van der Waals surface area (Å²) >= 11 is 0. The van der Waals surface area contributed by atoms with Gasteiger partial charge in [0.05, 0.1) is 0 Å². The highest BCUT2D eigenvalue weighted by molar-refractivity contribution is 5.72. The van der Waals surface area contributed by atoms with Gasteiger partial charge in [-0.05, 0) is 44.7 Å².